The maximum absolute atomic E-state index is 9.10. The van der Waals surface area contributed by atoms with Crippen molar-refractivity contribution in [1.29, 1.82) is 0 Å². The Balaban J connectivity index is 2.31. The van der Waals surface area contributed by atoms with Crippen molar-refractivity contribution in [3.8, 4) is 5.75 Å². The van der Waals surface area contributed by atoms with Gasteiger partial charge in [-0.3, -0.25) is 0 Å². The van der Waals surface area contributed by atoms with Crippen molar-refractivity contribution in [3.63, 3.8) is 0 Å². The Morgan fingerprint density at radius 1 is 1.46 bits per heavy atom. The number of ether oxygens (including phenoxy) is 1. The van der Waals surface area contributed by atoms with Gasteiger partial charge in [0.25, 0.3) is 0 Å². The highest BCUT2D eigenvalue weighted by atomic mass is 16.5. The van der Waals surface area contributed by atoms with Crippen LogP contribution in [0.4, 0.5) is 0 Å². The molecule has 2 rings (SSSR count). The molecule has 0 aromatic heterocycles. The van der Waals surface area contributed by atoms with Crippen molar-refractivity contribution in [3.05, 3.63) is 29.3 Å². The summed E-state index contributed by atoms with van der Waals surface area (Å²) in [5.41, 5.74) is 2.23. The third kappa shape index (κ3) is 1.68. The van der Waals surface area contributed by atoms with Crippen LogP contribution in [-0.2, 0) is 6.61 Å². The molecule has 0 unspecified atom stereocenters. The van der Waals surface area contributed by atoms with Crippen molar-refractivity contribution in [2.24, 2.45) is 0 Å². The van der Waals surface area contributed by atoms with Crippen molar-refractivity contribution in [2.75, 3.05) is 7.11 Å². The average molecular weight is 178 g/mol. The van der Waals surface area contributed by atoms with Crippen molar-refractivity contribution in [1.82, 2.24) is 0 Å². The highest BCUT2D eigenvalue weighted by Gasteiger charge is 2.23. The minimum absolute atomic E-state index is 0.0593. The van der Waals surface area contributed by atoms with Crippen LogP contribution in [0.25, 0.3) is 0 Å². The molecule has 0 radical (unpaired) electrons. The van der Waals surface area contributed by atoms with Gasteiger partial charge < -0.3 is 9.84 Å². The summed E-state index contributed by atoms with van der Waals surface area (Å²) in [6, 6.07) is 6.09. The lowest BCUT2D eigenvalue weighted by Gasteiger charge is -2.07. The van der Waals surface area contributed by atoms with Gasteiger partial charge in [0.05, 0.1) is 13.7 Å². The van der Waals surface area contributed by atoms with Crippen molar-refractivity contribution < 1.29 is 9.84 Å². The highest BCUT2D eigenvalue weighted by Crippen LogP contribution is 2.41. The molecule has 1 saturated carbocycles. The molecule has 2 heteroatoms. The first-order chi connectivity index (χ1) is 6.35. The molecule has 1 fully saturated rings. The number of hydrogen-bond donors (Lipinski definition) is 1. The molecule has 0 heterocycles. The van der Waals surface area contributed by atoms with Crippen LogP contribution in [-0.4, -0.2) is 12.2 Å². The van der Waals surface area contributed by atoms with E-state index in [-0.39, 0.29) is 6.61 Å². The molecule has 0 spiro atoms. The number of aliphatic hydroxyl groups excluding tert-OH is 1. The third-order valence-electron chi connectivity index (χ3n) is 2.52. The van der Waals surface area contributed by atoms with Crippen LogP contribution in [0.1, 0.15) is 29.9 Å². The quantitative estimate of drug-likeness (QED) is 0.767. The smallest absolute Gasteiger partial charge is 0.124 e. The lowest BCUT2D eigenvalue weighted by atomic mass is 10.1. The summed E-state index contributed by atoms with van der Waals surface area (Å²) >= 11 is 0. The van der Waals surface area contributed by atoms with E-state index in [1.54, 1.807) is 7.11 Å². The van der Waals surface area contributed by atoms with Crippen LogP contribution >= 0.6 is 0 Å². The van der Waals surface area contributed by atoms with Gasteiger partial charge in [-0.05, 0) is 36.5 Å². The fraction of sp³-hybridized carbons (Fsp3) is 0.455. The number of benzene rings is 1. The van der Waals surface area contributed by atoms with E-state index < -0.39 is 0 Å². The zero-order valence-corrected chi connectivity index (χ0v) is 7.79. The minimum Gasteiger partial charge on any atom is -0.496 e. The van der Waals surface area contributed by atoms with E-state index in [1.165, 1.54) is 18.4 Å². The first-order valence-electron chi connectivity index (χ1n) is 4.63. The Bertz CT molecular complexity index is 303. The lowest BCUT2D eigenvalue weighted by Crippen LogP contribution is -1.93. The first kappa shape index (κ1) is 8.57. The van der Waals surface area contributed by atoms with E-state index in [2.05, 4.69) is 12.1 Å². The van der Waals surface area contributed by atoms with E-state index >= 15 is 0 Å². The van der Waals surface area contributed by atoms with Gasteiger partial charge in [0, 0.05) is 5.56 Å². The normalized spacial score (nSPS) is 15.8. The van der Waals surface area contributed by atoms with Crippen LogP contribution in [0, 0.1) is 0 Å². The molecule has 0 amide bonds. The number of hydrogen-bond acceptors (Lipinski definition) is 2. The molecule has 0 bridgehead atoms. The van der Waals surface area contributed by atoms with Gasteiger partial charge in [0.1, 0.15) is 5.75 Å². The predicted molar refractivity (Wildman–Crippen MR) is 50.9 cm³/mol. The second-order valence-electron chi connectivity index (χ2n) is 3.50. The fourth-order valence-electron chi connectivity index (χ4n) is 1.59. The fourth-order valence-corrected chi connectivity index (χ4v) is 1.59. The van der Waals surface area contributed by atoms with E-state index in [4.69, 9.17) is 9.84 Å². The summed E-state index contributed by atoms with van der Waals surface area (Å²) in [7, 11) is 1.63. The SMILES string of the molecule is COc1ccc(C2CC2)cc1CO. The van der Waals surface area contributed by atoms with Gasteiger partial charge in [-0.15, -0.1) is 0 Å². The Labute approximate surface area is 78.2 Å². The summed E-state index contributed by atoms with van der Waals surface area (Å²) in [6.45, 7) is 0.0593. The number of rotatable bonds is 3. The summed E-state index contributed by atoms with van der Waals surface area (Å²) in [5.74, 6) is 1.52. The monoisotopic (exact) mass is 178 g/mol. The maximum Gasteiger partial charge on any atom is 0.124 e. The highest BCUT2D eigenvalue weighted by molar-refractivity contribution is 5.39. The van der Waals surface area contributed by atoms with Crippen molar-refractivity contribution >= 4 is 0 Å². The maximum atomic E-state index is 9.10. The molecule has 1 N–H and O–H groups in total. The van der Waals surface area contributed by atoms with Gasteiger partial charge in [0.2, 0.25) is 0 Å². The Kier molecular flexibility index (Phi) is 2.23. The van der Waals surface area contributed by atoms with Gasteiger partial charge in [-0.1, -0.05) is 6.07 Å². The molecule has 13 heavy (non-hydrogen) atoms. The zero-order valence-electron chi connectivity index (χ0n) is 7.79. The lowest BCUT2D eigenvalue weighted by molar-refractivity contribution is 0.273. The van der Waals surface area contributed by atoms with Gasteiger partial charge in [-0.2, -0.15) is 0 Å². The molecule has 2 nitrogen and oxygen atoms in total. The molecular weight excluding hydrogens is 164 g/mol. The number of aliphatic hydroxyl groups is 1. The van der Waals surface area contributed by atoms with E-state index in [9.17, 15) is 0 Å². The van der Waals surface area contributed by atoms with Gasteiger partial charge in [0.15, 0.2) is 0 Å². The molecule has 0 atom stereocenters. The average Bonchev–Trinajstić information content (AvgIpc) is 3.00. The molecule has 1 aromatic carbocycles. The molecule has 1 aromatic rings. The topological polar surface area (TPSA) is 29.5 Å². The largest absolute Gasteiger partial charge is 0.496 e. The van der Waals surface area contributed by atoms with E-state index in [0.717, 1.165) is 17.2 Å². The summed E-state index contributed by atoms with van der Waals surface area (Å²) in [6.07, 6.45) is 2.58. The van der Waals surface area contributed by atoms with Crippen LogP contribution in [0.2, 0.25) is 0 Å². The van der Waals surface area contributed by atoms with Gasteiger partial charge >= 0.3 is 0 Å². The summed E-state index contributed by atoms with van der Waals surface area (Å²) < 4.78 is 5.13. The van der Waals surface area contributed by atoms with Crippen LogP contribution < -0.4 is 4.74 Å². The molecule has 1 aliphatic rings. The van der Waals surface area contributed by atoms with Crippen molar-refractivity contribution in [2.45, 2.75) is 25.4 Å². The Morgan fingerprint density at radius 2 is 2.23 bits per heavy atom. The minimum atomic E-state index is 0.0593. The van der Waals surface area contributed by atoms with Crippen LogP contribution in [0.15, 0.2) is 18.2 Å². The molecule has 70 valence electrons. The molecule has 0 aliphatic heterocycles. The third-order valence-corrected chi connectivity index (χ3v) is 2.52. The molecule has 1 aliphatic carbocycles. The van der Waals surface area contributed by atoms with Crippen LogP contribution in [0.3, 0.4) is 0 Å². The standard InChI is InChI=1S/C11H14O2/c1-13-11-5-4-9(8-2-3-8)6-10(11)7-12/h4-6,8,12H,2-3,7H2,1H3. The Morgan fingerprint density at radius 3 is 2.77 bits per heavy atom. The molecular formula is C11H14O2. The first-order valence-corrected chi connectivity index (χ1v) is 4.63. The van der Waals surface area contributed by atoms with Crippen LogP contribution in [0.5, 0.6) is 5.75 Å². The predicted octanol–water partition coefficient (Wildman–Crippen LogP) is 2.06. The summed E-state index contributed by atoms with van der Waals surface area (Å²) in [4.78, 5) is 0. The second kappa shape index (κ2) is 3.38. The molecule has 0 saturated heterocycles. The van der Waals surface area contributed by atoms with E-state index in [1.807, 2.05) is 6.07 Å². The van der Waals surface area contributed by atoms with E-state index in [0.29, 0.717) is 0 Å². The summed E-state index contributed by atoms with van der Waals surface area (Å²) in [5, 5.41) is 9.10. The van der Waals surface area contributed by atoms with Gasteiger partial charge in [-0.25, -0.2) is 0 Å². The Hall–Kier alpha value is -1.02. The zero-order chi connectivity index (χ0) is 9.26. The second-order valence-corrected chi connectivity index (χ2v) is 3.50. The number of methoxy groups -OCH3 is 1.